The summed E-state index contributed by atoms with van der Waals surface area (Å²) in [5.74, 6) is 1.12. The van der Waals surface area contributed by atoms with Crippen molar-refractivity contribution < 1.29 is 4.74 Å². The molecule has 0 aromatic carbocycles. The molecule has 2 heteroatoms. The first-order valence-electron chi connectivity index (χ1n) is 5.56. The van der Waals surface area contributed by atoms with Crippen molar-refractivity contribution in [3.63, 3.8) is 0 Å². The van der Waals surface area contributed by atoms with Crippen molar-refractivity contribution in [2.24, 2.45) is 0 Å². The normalized spacial score (nSPS) is 10.4. The minimum atomic E-state index is 0.867. The zero-order valence-corrected chi connectivity index (χ0v) is 10.0. The van der Waals surface area contributed by atoms with Gasteiger partial charge in [0, 0.05) is 10.9 Å². The molecule has 1 heterocycles. The number of thiophene rings is 1. The molecule has 1 aromatic heterocycles. The van der Waals surface area contributed by atoms with E-state index in [9.17, 15) is 0 Å². The second-order valence-corrected chi connectivity index (χ2v) is 4.31. The maximum absolute atomic E-state index is 5.73. The highest BCUT2D eigenvalue weighted by Gasteiger charge is 2.03. The van der Waals surface area contributed by atoms with Crippen molar-refractivity contribution in [1.29, 1.82) is 0 Å². The van der Waals surface area contributed by atoms with Crippen LogP contribution < -0.4 is 4.74 Å². The van der Waals surface area contributed by atoms with Gasteiger partial charge in [-0.3, -0.25) is 0 Å². The Morgan fingerprint density at radius 2 is 1.93 bits per heavy atom. The van der Waals surface area contributed by atoms with Gasteiger partial charge in [0.05, 0.1) is 6.61 Å². The Morgan fingerprint density at radius 3 is 2.64 bits per heavy atom. The molecule has 1 nitrogen and oxygen atoms in total. The molecular weight excluding hydrogens is 192 g/mol. The fraction of sp³-hybridized carbons (Fsp3) is 0.667. The van der Waals surface area contributed by atoms with Gasteiger partial charge in [-0.15, -0.1) is 11.3 Å². The van der Waals surface area contributed by atoms with E-state index in [1.807, 2.05) is 0 Å². The third-order valence-electron chi connectivity index (χ3n) is 2.26. The third kappa shape index (κ3) is 3.70. The Bertz CT molecular complexity index is 242. The van der Waals surface area contributed by atoms with Crippen LogP contribution in [0, 0.1) is 0 Å². The van der Waals surface area contributed by atoms with Crippen LogP contribution in [0.25, 0.3) is 0 Å². The second-order valence-electron chi connectivity index (χ2n) is 3.57. The highest BCUT2D eigenvalue weighted by atomic mass is 32.1. The number of hydrogen-bond donors (Lipinski definition) is 0. The molecule has 0 saturated heterocycles. The second kappa shape index (κ2) is 6.88. The maximum Gasteiger partial charge on any atom is 0.133 e. The van der Waals surface area contributed by atoms with Crippen molar-refractivity contribution in [1.82, 2.24) is 0 Å². The molecule has 80 valence electrons. The van der Waals surface area contributed by atoms with Gasteiger partial charge in [-0.05, 0) is 24.6 Å². The van der Waals surface area contributed by atoms with Crippen LogP contribution in [0.15, 0.2) is 10.8 Å². The van der Waals surface area contributed by atoms with Gasteiger partial charge in [0.1, 0.15) is 5.75 Å². The van der Waals surface area contributed by atoms with E-state index in [-0.39, 0.29) is 0 Å². The summed E-state index contributed by atoms with van der Waals surface area (Å²) < 4.78 is 5.73. The van der Waals surface area contributed by atoms with Gasteiger partial charge in [-0.1, -0.05) is 26.7 Å². The Labute approximate surface area is 91.1 Å². The van der Waals surface area contributed by atoms with Gasteiger partial charge in [0.2, 0.25) is 0 Å². The van der Waals surface area contributed by atoms with Crippen molar-refractivity contribution >= 4 is 11.3 Å². The molecule has 0 unspecified atom stereocenters. The zero-order chi connectivity index (χ0) is 10.2. The van der Waals surface area contributed by atoms with Gasteiger partial charge in [-0.25, -0.2) is 0 Å². The summed E-state index contributed by atoms with van der Waals surface area (Å²) in [6, 6.07) is 0. The van der Waals surface area contributed by atoms with Gasteiger partial charge in [0.15, 0.2) is 0 Å². The molecule has 0 radical (unpaired) electrons. The molecule has 1 rings (SSSR count). The quantitative estimate of drug-likeness (QED) is 0.613. The number of unbranched alkanes of at least 4 members (excludes halogenated alkanes) is 2. The van der Waals surface area contributed by atoms with Gasteiger partial charge in [-0.2, -0.15) is 0 Å². The first kappa shape index (κ1) is 11.6. The van der Waals surface area contributed by atoms with E-state index < -0.39 is 0 Å². The Kier molecular flexibility index (Phi) is 5.69. The first-order valence-corrected chi connectivity index (χ1v) is 6.50. The molecule has 0 fully saturated rings. The first-order chi connectivity index (χ1) is 6.88. The summed E-state index contributed by atoms with van der Waals surface area (Å²) in [6.07, 6.45) is 6.05. The SMILES string of the molecule is CCCCOc1cscc1CCCC. The number of rotatable bonds is 7. The van der Waals surface area contributed by atoms with Crippen LogP contribution in [0.5, 0.6) is 5.75 Å². The molecule has 0 saturated carbocycles. The van der Waals surface area contributed by atoms with Gasteiger partial charge < -0.3 is 4.74 Å². The predicted octanol–water partition coefficient (Wildman–Crippen LogP) is 4.27. The summed E-state index contributed by atoms with van der Waals surface area (Å²) in [6.45, 7) is 5.28. The van der Waals surface area contributed by atoms with Crippen LogP contribution in [0.4, 0.5) is 0 Å². The molecular formula is C12H20OS. The van der Waals surface area contributed by atoms with E-state index in [4.69, 9.17) is 4.74 Å². The fourth-order valence-corrected chi connectivity index (χ4v) is 2.12. The highest BCUT2D eigenvalue weighted by Crippen LogP contribution is 2.25. The third-order valence-corrected chi connectivity index (χ3v) is 3.03. The lowest BCUT2D eigenvalue weighted by atomic mass is 10.1. The molecule has 0 aliphatic carbocycles. The Morgan fingerprint density at radius 1 is 1.14 bits per heavy atom. The molecule has 14 heavy (non-hydrogen) atoms. The average molecular weight is 212 g/mol. The van der Waals surface area contributed by atoms with Gasteiger partial charge in [0.25, 0.3) is 0 Å². The predicted molar refractivity (Wildman–Crippen MR) is 63.3 cm³/mol. The van der Waals surface area contributed by atoms with E-state index in [2.05, 4.69) is 24.6 Å². The summed E-state index contributed by atoms with van der Waals surface area (Å²) >= 11 is 1.75. The van der Waals surface area contributed by atoms with E-state index in [0.717, 1.165) is 18.8 Å². The zero-order valence-electron chi connectivity index (χ0n) is 9.21. The summed E-state index contributed by atoms with van der Waals surface area (Å²) in [5, 5.41) is 4.34. The summed E-state index contributed by atoms with van der Waals surface area (Å²) in [5.41, 5.74) is 1.40. The van der Waals surface area contributed by atoms with Crippen molar-refractivity contribution in [3.05, 3.63) is 16.3 Å². The van der Waals surface area contributed by atoms with E-state index in [1.165, 1.54) is 31.2 Å². The number of aryl methyl sites for hydroxylation is 1. The van der Waals surface area contributed by atoms with Crippen LogP contribution in [-0.4, -0.2) is 6.61 Å². The van der Waals surface area contributed by atoms with E-state index in [1.54, 1.807) is 11.3 Å². The average Bonchev–Trinajstić information content (AvgIpc) is 2.63. The topological polar surface area (TPSA) is 9.23 Å². The molecule has 0 bridgehead atoms. The molecule has 0 aliphatic rings. The molecule has 0 spiro atoms. The molecule has 0 atom stereocenters. The number of hydrogen-bond acceptors (Lipinski definition) is 2. The molecule has 0 N–H and O–H groups in total. The van der Waals surface area contributed by atoms with Gasteiger partial charge >= 0.3 is 0 Å². The van der Waals surface area contributed by atoms with Crippen molar-refractivity contribution in [2.75, 3.05) is 6.61 Å². The molecule has 1 aromatic rings. The Hall–Kier alpha value is -0.500. The largest absolute Gasteiger partial charge is 0.492 e. The summed E-state index contributed by atoms with van der Waals surface area (Å²) in [7, 11) is 0. The van der Waals surface area contributed by atoms with Crippen LogP contribution >= 0.6 is 11.3 Å². The lowest BCUT2D eigenvalue weighted by molar-refractivity contribution is 0.307. The standard InChI is InChI=1S/C12H20OS/c1-3-5-7-11-9-14-10-12(11)13-8-6-4-2/h9-10H,3-8H2,1-2H3. The molecule has 0 aliphatic heterocycles. The van der Waals surface area contributed by atoms with Crippen LogP contribution in [0.3, 0.4) is 0 Å². The highest BCUT2D eigenvalue weighted by molar-refractivity contribution is 7.08. The van der Waals surface area contributed by atoms with Crippen molar-refractivity contribution in [3.8, 4) is 5.75 Å². The smallest absolute Gasteiger partial charge is 0.133 e. The fourth-order valence-electron chi connectivity index (χ4n) is 1.31. The lowest BCUT2D eigenvalue weighted by Crippen LogP contribution is -1.97. The van der Waals surface area contributed by atoms with E-state index >= 15 is 0 Å². The minimum Gasteiger partial charge on any atom is -0.492 e. The monoisotopic (exact) mass is 212 g/mol. The van der Waals surface area contributed by atoms with E-state index in [0.29, 0.717) is 0 Å². The minimum absolute atomic E-state index is 0.867. The van der Waals surface area contributed by atoms with Crippen LogP contribution in [0.2, 0.25) is 0 Å². The van der Waals surface area contributed by atoms with Crippen LogP contribution in [-0.2, 0) is 6.42 Å². The number of ether oxygens (including phenoxy) is 1. The maximum atomic E-state index is 5.73. The molecule has 0 amide bonds. The lowest BCUT2D eigenvalue weighted by Gasteiger charge is -2.05. The summed E-state index contributed by atoms with van der Waals surface area (Å²) in [4.78, 5) is 0. The Balaban J connectivity index is 2.37. The van der Waals surface area contributed by atoms with Crippen LogP contribution in [0.1, 0.15) is 45.1 Å². The van der Waals surface area contributed by atoms with Crippen molar-refractivity contribution in [2.45, 2.75) is 46.0 Å².